The number of anilines is 1. The highest BCUT2D eigenvalue weighted by Crippen LogP contribution is 2.31. The zero-order chi connectivity index (χ0) is 19.7. The molecule has 2 amide bonds. The maximum absolute atomic E-state index is 12.9. The Hall–Kier alpha value is -3.09. The first-order valence-corrected chi connectivity index (χ1v) is 9.53. The summed E-state index contributed by atoms with van der Waals surface area (Å²) in [6, 6.07) is 5.70. The van der Waals surface area contributed by atoms with Gasteiger partial charge in [0.15, 0.2) is 0 Å². The number of fused-ring (bicyclic) bond motifs is 2. The van der Waals surface area contributed by atoms with Crippen LogP contribution < -0.4 is 10.1 Å². The van der Waals surface area contributed by atoms with E-state index in [-0.39, 0.29) is 18.1 Å². The van der Waals surface area contributed by atoms with Crippen LogP contribution in [0.2, 0.25) is 0 Å². The number of carbonyl (C=O) groups is 2. The molecule has 28 heavy (non-hydrogen) atoms. The van der Waals surface area contributed by atoms with Gasteiger partial charge in [-0.05, 0) is 55.2 Å². The zero-order valence-electron chi connectivity index (χ0n) is 16.0. The quantitative estimate of drug-likeness (QED) is 0.883. The molecule has 0 bridgehead atoms. The molecule has 0 saturated heterocycles. The summed E-state index contributed by atoms with van der Waals surface area (Å²) in [4.78, 5) is 30.7. The van der Waals surface area contributed by atoms with E-state index in [9.17, 15) is 9.59 Å². The summed E-state index contributed by atoms with van der Waals surface area (Å²) in [7, 11) is 0. The molecular weight excluding hydrogens is 358 g/mol. The van der Waals surface area contributed by atoms with E-state index >= 15 is 0 Å². The predicted molar refractivity (Wildman–Crippen MR) is 104 cm³/mol. The van der Waals surface area contributed by atoms with Crippen molar-refractivity contribution < 1.29 is 19.1 Å². The molecule has 2 aliphatic rings. The first-order valence-electron chi connectivity index (χ1n) is 9.53. The molecule has 2 aromatic rings. The summed E-state index contributed by atoms with van der Waals surface area (Å²) in [5, 5.41) is 2.97. The second-order valence-electron chi connectivity index (χ2n) is 7.10. The van der Waals surface area contributed by atoms with Crippen LogP contribution in [0.15, 0.2) is 30.6 Å². The Kier molecular flexibility index (Phi) is 4.90. The average Bonchev–Trinajstić information content (AvgIpc) is 3.06. The molecule has 146 valence electrons. The highest BCUT2D eigenvalue weighted by Gasteiger charge is 2.26. The molecule has 0 saturated carbocycles. The van der Waals surface area contributed by atoms with Crippen molar-refractivity contribution in [2.45, 2.75) is 39.3 Å². The third kappa shape index (κ3) is 3.52. The molecule has 4 rings (SSSR count). The van der Waals surface area contributed by atoms with Gasteiger partial charge in [0, 0.05) is 31.0 Å². The SMILES string of the molecule is CCOC(=O)N1CCc2c(cncc2C(=O)Nc2ccc3c(c2)CC(C)O3)C1. The van der Waals surface area contributed by atoms with Crippen LogP contribution in [0.5, 0.6) is 5.75 Å². The summed E-state index contributed by atoms with van der Waals surface area (Å²) in [5.41, 5.74) is 4.20. The molecule has 1 aromatic carbocycles. The summed E-state index contributed by atoms with van der Waals surface area (Å²) < 4.78 is 10.8. The predicted octanol–water partition coefficient (Wildman–Crippen LogP) is 3.17. The van der Waals surface area contributed by atoms with E-state index in [1.807, 2.05) is 25.1 Å². The minimum atomic E-state index is -0.336. The number of hydrogen-bond donors (Lipinski definition) is 1. The molecule has 1 aromatic heterocycles. The highest BCUT2D eigenvalue weighted by atomic mass is 16.6. The van der Waals surface area contributed by atoms with Gasteiger partial charge in [-0.1, -0.05) is 0 Å². The Balaban J connectivity index is 1.51. The van der Waals surface area contributed by atoms with E-state index in [2.05, 4.69) is 10.3 Å². The van der Waals surface area contributed by atoms with Crippen LogP contribution in [0.4, 0.5) is 10.5 Å². The number of pyridine rings is 1. The van der Waals surface area contributed by atoms with Gasteiger partial charge in [0.25, 0.3) is 5.91 Å². The Bertz CT molecular complexity index is 928. The molecule has 3 heterocycles. The fourth-order valence-electron chi connectivity index (χ4n) is 3.76. The van der Waals surface area contributed by atoms with Crippen LogP contribution in [0.3, 0.4) is 0 Å². The van der Waals surface area contributed by atoms with Crippen molar-refractivity contribution in [2.75, 3.05) is 18.5 Å². The normalized spacial score (nSPS) is 17.4. The summed E-state index contributed by atoms with van der Waals surface area (Å²) in [6.07, 6.45) is 4.56. The summed E-state index contributed by atoms with van der Waals surface area (Å²) >= 11 is 0. The van der Waals surface area contributed by atoms with E-state index in [1.165, 1.54) is 0 Å². The minimum Gasteiger partial charge on any atom is -0.490 e. The lowest BCUT2D eigenvalue weighted by molar-refractivity contribution is 0.101. The number of amides is 2. The lowest BCUT2D eigenvalue weighted by Crippen LogP contribution is -2.37. The lowest BCUT2D eigenvalue weighted by atomic mass is 9.97. The fourth-order valence-corrected chi connectivity index (χ4v) is 3.76. The van der Waals surface area contributed by atoms with Crippen LogP contribution in [-0.2, 0) is 24.1 Å². The second-order valence-corrected chi connectivity index (χ2v) is 7.10. The minimum absolute atomic E-state index is 0.161. The molecule has 0 spiro atoms. The number of aromatic nitrogens is 1. The smallest absolute Gasteiger partial charge is 0.410 e. The largest absolute Gasteiger partial charge is 0.490 e. The lowest BCUT2D eigenvalue weighted by Gasteiger charge is -2.28. The Labute approximate surface area is 163 Å². The molecule has 0 fully saturated rings. The van der Waals surface area contributed by atoms with Crippen LogP contribution in [0, 0.1) is 0 Å². The van der Waals surface area contributed by atoms with Crippen molar-refractivity contribution in [3.8, 4) is 5.75 Å². The Morgan fingerprint density at radius 3 is 3.00 bits per heavy atom. The van der Waals surface area contributed by atoms with E-state index in [0.29, 0.717) is 31.7 Å². The van der Waals surface area contributed by atoms with Gasteiger partial charge >= 0.3 is 6.09 Å². The number of nitrogens with zero attached hydrogens (tertiary/aromatic N) is 2. The first kappa shape index (κ1) is 18.3. The van der Waals surface area contributed by atoms with Gasteiger partial charge in [0.1, 0.15) is 11.9 Å². The molecule has 0 radical (unpaired) electrons. The monoisotopic (exact) mass is 381 g/mol. The number of benzene rings is 1. The molecular formula is C21H23N3O4. The molecule has 0 aliphatic carbocycles. The highest BCUT2D eigenvalue weighted by molar-refractivity contribution is 6.05. The number of carbonyl (C=O) groups excluding carboxylic acids is 2. The van der Waals surface area contributed by atoms with Gasteiger partial charge in [0.05, 0.1) is 18.7 Å². The van der Waals surface area contributed by atoms with E-state index in [4.69, 9.17) is 9.47 Å². The average molecular weight is 381 g/mol. The molecule has 7 heteroatoms. The topological polar surface area (TPSA) is 80.8 Å². The van der Waals surface area contributed by atoms with Crippen molar-refractivity contribution in [1.82, 2.24) is 9.88 Å². The van der Waals surface area contributed by atoms with Crippen molar-refractivity contribution in [3.05, 3.63) is 52.8 Å². The Morgan fingerprint density at radius 1 is 1.32 bits per heavy atom. The number of ether oxygens (including phenoxy) is 2. The van der Waals surface area contributed by atoms with Gasteiger partial charge in [-0.3, -0.25) is 9.78 Å². The third-order valence-corrected chi connectivity index (χ3v) is 5.06. The zero-order valence-corrected chi connectivity index (χ0v) is 16.0. The van der Waals surface area contributed by atoms with Crippen LogP contribution in [0.25, 0.3) is 0 Å². The fraction of sp³-hybridized carbons (Fsp3) is 0.381. The van der Waals surface area contributed by atoms with Gasteiger partial charge in [0.2, 0.25) is 0 Å². The van der Waals surface area contributed by atoms with Crippen molar-refractivity contribution >= 4 is 17.7 Å². The van der Waals surface area contributed by atoms with Crippen molar-refractivity contribution in [1.29, 1.82) is 0 Å². The summed E-state index contributed by atoms with van der Waals surface area (Å²) in [5.74, 6) is 0.684. The van der Waals surface area contributed by atoms with Crippen LogP contribution in [0.1, 0.15) is 40.9 Å². The molecule has 1 unspecified atom stereocenters. The third-order valence-electron chi connectivity index (χ3n) is 5.06. The molecule has 1 atom stereocenters. The van der Waals surface area contributed by atoms with E-state index in [0.717, 1.165) is 34.5 Å². The maximum Gasteiger partial charge on any atom is 0.410 e. The standard InChI is InChI=1S/C21H23N3O4/c1-3-27-21(26)24-7-6-17-15(12-24)10-22-11-18(17)20(25)23-16-4-5-19-14(9-16)8-13(2)28-19/h4-5,9-11,13H,3,6-8,12H2,1-2H3,(H,23,25). The second kappa shape index (κ2) is 7.50. The van der Waals surface area contributed by atoms with Crippen LogP contribution in [-0.4, -0.2) is 41.1 Å². The number of rotatable bonds is 3. The first-order chi connectivity index (χ1) is 13.5. The van der Waals surface area contributed by atoms with Crippen molar-refractivity contribution in [2.24, 2.45) is 0 Å². The molecule has 7 nitrogen and oxygen atoms in total. The summed E-state index contributed by atoms with van der Waals surface area (Å²) in [6.45, 7) is 5.07. The van der Waals surface area contributed by atoms with E-state index < -0.39 is 0 Å². The number of hydrogen-bond acceptors (Lipinski definition) is 5. The molecule has 2 aliphatic heterocycles. The van der Waals surface area contributed by atoms with Gasteiger partial charge in [-0.25, -0.2) is 4.79 Å². The Morgan fingerprint density at radius 2 is 2.18 bits per heavy atom. The van der Waals surface area contributed by atoms with Gasteiger partial charge in [-0.15, -0.1) is 0 Å². The van der Waals surface area contributed by atoms with Crippen molar-refractivity contribution in [3.63, 3.8) is 0 Å². The van der Waals surface area contributed by atoms with E-state index in [1.54, 1.807) is 24.2 Å². The molecule has 1 N–H and O–H groups in total. The van der Waals surface area contributed by atoms with Crippen LogP contribution >= 0.6 is 0 Å². The number of nitrogens with one attached hydrogen (secondary N) is 1. The van der Waals surface area contributed by atoms with Gasteiger partial charge < -0.3 is 19.7 Å². The van der Waals surface area contributed by atoms with Gasteiger partial charge in [-0.2, -0.15) is 0 Å². The maximum atomic E-state index is 12.9.